The van der Waals surface area contributed by atoms with Gasteiger partial charge in [-0.25, -0.2) is 0 Å². The van der Waals surface area contributed by atoms with Crippen LogP contribution in [-0.4, -0.2) is 37.0 Å². The Balaban J connectivity index is 1.92. The zero-order chi connectivity index (χ0) is 15.1. The van der Waals surface area contributed by atoms with Crippen molar-refractivity contribution in [2.45, 2.75) is 32.6 Å². The zero-order valence-electron chi connectivity index (χ0n) is 12.8. The predicted molar refractivity (Wildman–Crippen MR) is 90.3 cm³/mol. The van der Waals surface area contributed by atoms with E-state index in [0.29, 0.717) is 12.3 Å². The van der Waals surface area contributed by atoms with Crippen LogP contribution in [0.2, 0.25) is 0 Å². The second-order valence-corrected chi connectivity index (χ2v) is 6.77. The molecule has 1 fully saturated rings. The van der Waals surface area contributed by atoms with Gasteiger partial charge in [0.2, 0.25) is 5.91 Å². The summed E-state index contributed by atoms with van der Waals surface area (Å²) in [7, 11) is 0. The molecule has 4 heteroatoms. The average Bonchev–Trinajstić information content (AvgIpc) is 2.50. The van der Waals surface area contributed by atoms with Crippen LogP contribution in [0.5, 0.6) is 0 Å². The van der Waals surface area contributed by atoms with E-state index in [1.807, 2.05) is 24.3 Å². The van der Waals surface area contributed by atoms with E-state index in [-0.39, 0.29) is 5.91 Å². The van der Waals surface area contributed by atoms with Crippen LogP contribution in [0.25, 0.3) is 0 Å². The summed E-state index contributed by atoms with van der Waals surface area (Å²) in [5, 5.41) is 3.43. The number of benzene rings is 1. The van der Waals surface area contributed by atoms with Gasteiger partial charge < -0.3 is 10.2 Å². The Kier molecular flexibility index (Phi) is 6.71. The maximum absolute atomic E-state index is 12.6. The number of hydrogen-bond acceptors (Lipinski definition) is 2. The van der Waals surface area contributed by atoms with Crippen molar-refractivity contribution in [1.82, 2.24) is 10.2 Å². The van der Waals surface area contributed by atoms with E-state index in [9.17, 15) is 4.79 Å². The molecule has 1 aliphatic rings. The number of nitrogens with zero attached hydrogens (tertiary/aromatic N) is 1. The van der Waals surface area contributed by atoms with Gasteiger partial charge in [0.05, 0.1) is 6.42 Å². The molecular formula is C17H25BrN2O. The molecule has 1 unspecified atom stereocenters. The maximum atomic E-state index is 12.6. The summed E-state index contributed by atoms with van der Waals surface area (Å²) in [6.07, 6.45) is 3.99. The normalized spacial score (nSPS) is 18.5. The van der Waals surface area contributed by atoms with Gasteiger partial charge in [-0.2, -0.15) is 0 Å². The molecule has 1 amide bonds. The fourth-order valence-corrected chi connectivity index (χ4v) is 3.13. The van der Waals surface area contributed by atoms with E-state index < -0.39 is 0 Å². The Morgan fingerprint density at radius 2 is 2.14 bits per heavy atom. The van der Waals surface area contributed by atoms with Crippen molar-refractivity contribution in [3.05, 3.63) is 34.3 Å². The largest absolute Gasteiger partial charge is 0.342 e. The Labute approximate surface area is 136 Å². The summed E-state index contributed by atoms with van der Waals surface area (Å²) in [4.78, 5) is 14.6. The summed E-state index contributed by atoms with van der Waals surface area (Å²) in [6.45, 7) is 6.07. The minimum Gasteiger partial charge on any atom is -0.342 e. The molecule has 0 radical (unpaired) electrons. The third-order valence-electron chi connectivity index (χ3n) is 3.99. The van der Waals surface area contributed by atoms with Gasteiger partial charge in [0.25, 0.3) is 0 Å². The highest BCUT2D eigenvalue weighted by molar-refractivity contribution is 9.10. The number of piperidine rings is 1. The number of hydrogen-bond donors (Lipinski definition) is 1. The van der Waals surface area contributed by atoms with E-state index in [0.717, 1.165) is 42.6 Å². The van der Waals surface area contributed by atoms with Crippen molar-refractivity contribution < 1.29 is 4.79 Å². The molecule has 1 aliphatic heterocycles. The zero-order valence-corrected chi connectivity index (χ0v) is 14.4. The Morgan fingerprint density at radius 1 is 1.38 bits per heavy atom. The Hall–Kier alpha value is -0.870. The smallest absolute Gasteiger partial charge is 0.226 e. The standard InChI is InChI=1S/C17H25BrN2O/c1-2-10-20(13-15-4-3-9-19-12-15)17(21)11-14-5-7-16(18)8-6-14/h5-8,15,19H,2-4,9-13H2,1H3. The van der Waals surface area contributed by atoms with Gasteiger partial charge in [-0.05, 0) is 56.0 Å². The van der Waals surface area contributed by atoms with Crippen LogP contribution in [0.1, 0.15) is 31.7 Å². The summed E-state index contributed by atoms with van der Waals surface area (Å²) < 4.78 is 1.05. The van der Waals surface area contributed by atoms with Crippen molar-refractivity contribution in [3.63, 3.8) is 0 Å². The molecular weight excluding hydrogens is 328 g/mol. The second kappa shape index (κ2) is 8.54. The summed E-state index contributed by atoms with van der Waals surface area (Å²) in [5.74, 6) is 0.865. The number of carbonyl (C=O) groups excluding carboxylic acids is 1. The van der Waals surface area contributed by atoms with Crippen LogP contribution in [0.15, 0.2) is 28.7 Å². The van der Waals surface area contributed by atoms with Crippen LogP contribution in [0.3, 0.4) is 0 Å². The fraction of sp³-hybridized carbons (Fsp3) is 0.588. The molecule has 1 saturated heterocycles. The second-order valence-electron chi connectivity index (χ2n) is 5.86. The van der Waals surface area contributed by atoms with E-state index >= 15 is 0 Å². The van der Waals surface area contributed by atoms with Crippen molar-refractivity contribution >= 4 is 21.8 Å². The minimum atomic E-state index is 0.254. The van der Waals surface area contributed by atoms with Crippen molar-refractivity contribution in [2.24, 2.45) is 5.92 Å². The molecule has 1 aromatic rings. The fourth-order valence-electron chi connectivity index (χ4n) is 2.87. The summed E-state index contributed by atoms with van der Waals surface area (Å²) >= 11 is 3.43. The molecule has 0 saturated carbocycles. The lowest BCUT2D eigenvalue weighted by Crippen LogP contribution is -2.42. The third kappa shape index (κ3) is 5.44. The molecule has 116 valence electrons. The highest BCUT2D eigenvalue weighted by Crippen LogP contribution is 2.15. The molecule has 3 nitrogen and oxygen atoms in total. The van der Waals surface area contributed by atoms with E-state index in [2.05, 4.69) is 33.1 Å². The average molecular weight is 353 g/mol. The quantitative estimate of drug-likeness (QED) is 0.852. The van der Waals surface area contributed by atoms with Gasteiger partial charge >= 0.3 is 0 Å². The molecule has 1 heterocycles. The van der Waals surface area contributed by atoms with Gasteiger partial charge in [0, 0.05) is 17.6 Å². The molecule has 0 bridgehead atoms. The SMILES string of the molecule is CCCN(CC1CCCNC1)C(=O)Cc1ccc(Br)cc1. The third-order valence-corrected chi connectivity index (χ3v) is 4.52. The number of halogens is 1. The Morgan fingerprint density at radius 3 is 2.76 bits per heavy atom. The number of rotatable bonds is 6. The highest BCUT2D eigenvalue weighted by Gasteiger charge is 2.20. The molecule has 0 aromatic heterocycles. The molecule has 1 atom stereocenters. The molecule has 0 aliphatic carbocycles. The lowest BCUT2D eigenvalue weighted by molar-refractivity contribution is -0.131. The number of nitrogens with one attached hydrogen (secondary N) is 1. The van der Waals surface area contributed by atoms with E-state index in [1.54, 1.807) is 0 Å². The summed E-state index contributed by atoms with van der Waals surface area (Å²) in [6, 6.07) is 8.04. The monoisotopic (exact) mass is 352 g/mol. The van der Waals surface area contributed by atoms with Crippen LogP contribution in [-0.2, 0) is 11.2 Å². The minimum absolute atomic E-state index is 0.254. The van der Waals surface area contributed by atoms with Crippen LogP contribution < -0.4 is 5.32 Å². The molecule has 21 heavy (non-hydrogen) atoms. The van der Waals surface area contributed by atoms with Gasteiger partial charge in [0.1, 0.15) is 0 Å². The van der Waals surface area contributed by atoms with Crippen molar-refractivity contribution in [1.29, 1.82) is 0 Å². The topological polar surface area (TPSA) is 32.3 Å². The first-order valence-electron chi connectivity index (χ1n) is 7.92. The van der Waals surface area contributed by atoms with Crippen molar-refractivity contribution in [2.75, 3.05) is 26.2 Å². The highest BCUT2D eigenvalue weighted by atomic mass is 79.9. The van der Waals surface area contributed by atoms with Crippen molar-refractivity contribution in [3.8, 4) is 0 Å². The van der Waals surface area contributed by atoms with E-state index in [1.165, 1.54) is 12.8 Å². The first-order chi connectivity index (χ1) is 10.2. The van der Waals surface area contributed by atoms with Gasteiger partial charge in [-0.1, -0.05) is 35.0 Å². The van der Waals surface area contributed by atoms with E-state index in [4.69, 9.17) is 0 Å². The molecule has 0 spiro atoms. The number of carbonyl (C=O) groups is 1. The molecule has 1 aromatic carbocycles. The lowest BCUT2D eigenvalue weighted by atomic mass is 9.98. The maximum Gasteiger partial charge on any atom is 0.226 e. The van der Waals surface area contributed by atoms with Gasteiger partial charge in [0.15, 0.2) is 0 Å². The van der Waals surface area contributed by atoms with Gasteiger partial charge in [-0.3, -0.25) is 4.79 Å². The van der Waals surface area contributed by atoms with Gasteiger partial charge in [-0.15, -0.1) is 0 Å². The first kappa shape index (κ1) is 16.5. The molecule has 2 rings (SSSR count). The van der Waals surface area contributed by atoms with Crippen LogP contribution in [0, 0.1) is 5.92 Å². The van der Waals surface area contributed by atoms with Crippen LogP contribution in [0.4, 0.5) is 0 Å². The number of amides is 1. The Bertz CT molecular complexity index is 441. The van der Waals surface area contributed by atoms with Crippen LogP contribution >= 0.6 is 15.9 Å². The first-order valence-corrected chi connectivity index (χ1v) is 8.71. The summed E-state index contributed by atoms with van der Waals surface area (Å²) in [5.41, 5.74) is 1.09. The molecule has 1 N–H and O–H groups in total. The predicted octanol–water partition coefficient (Wildman–Crippen LogP) is 3.23. The lowest BCUT2D eigenvalue weighted by Gasteiger charge is -2.30.